The van der Waals surface area contributed by atoms with Crippen LogP contribution in [0, 0.1) is 5.92 Å². The van der Waals surface area contributed by atoms with Gasteiger partial charge in [0.2, 0.25) is 0 Å². The van der Waals surface area contributed by atoms with Crippen LogP contribution < -0.4 is 9.47 Å². The van der Waals surface area contributed by atoms with Crippen molar-refractivity contribution in [1.82, 2.24) is 0 Å². The van der Waals surface area contributed by atoms with E-state index in [2.05, 4.69) is 0 Å². The lowest BCUT2D eigenvalue weighted by atomic mass is 9.91. The van der Waals surface area contributed by atoms with E-state index in [0.29, 0.717) is 41.9 Å². The standard InChI is InChI=1S/C15H19ClO4/c16-12-8-14-13(19-5-2-6-20-14)7-11(12)15(17)10-3-1-4-18-9-10/h7-8,10,15,17H,1-6,9H2. The molecule has 20 heavy (non-hydrogen) atoms. The molecule has 0 aromatic heterocycles. The minimum Gasteiger partial charge on any atom is -0.490 e. The Morgan fingerprint density at radius 1 is 1.10 bits per heavy atom. The van der Waals surface area contributed by atoms with E-state index in [1.54, 1.807) is 6.07 Å². The summed E-state index contributed by atoms with van der Waals surface area (Å²) in [5, 5.41) is 11.1. The SMILES string of the molecule is OC(c1cc2c(cc1Cl)OCCCO2)C1CCCOC1. The number of fused-ring (bicyclic) bond motifs is 1. The van der Waals surface area contributed by atoms with Crippen molar-refractivity contribution >= 4 is 11.6 Å². The number of rotatable bonds is 2. The zero-order valence-electron chi connectivity index (χ0n) is 11.3. The number of hydrogen-bond donors (Lipinski definition) is 1. The first-order valence-electron chi connectivity index (χ1n) is 7.10. The molecule has 110 valence electrons. The van der Waals surface area contributed by atoms with Gasteiger partial charge < -0.3 is 19.3 Å². The van der Waals surface area contributed by atoms with Crippen LogP contribution >= 0.6 is 11.6 Å². The molecule has 3 rings (SSSR count). The lowest BCUT2D eigenvalue weighted by Crippen LogP contribution is -2.23. The Labute approximate surface area is 123 Å². The van der Waals surface area contributed by atoms with Gasteiger partial charge in [0.25, 0.3) is 0 Å². The minimum absolute atomic E-state index is 0.0889. The molecule has 2 unspecified atom stereocenters. The summed E-state index contributed by atoms with van der Waals surface area (Å²) in [6, 6.07) is 3.55. The van der Waals surface area contributed by atoms with E-state index in [1.165, 1.54) is 0 Å². The summed E-state index contributed by atoms with van der Waals surface area (Å²) in [7, 11) is 0. The zero-order chi connectivity index (χ0) is 13.9. The van der Waals surface area contributed by atoms with Crippen LogP contribution in [0.2, 0.25) is 5.02 Å². The maximum atomic E-state index is 10.5. The van der Waals surface area contributed by atoms with E-state index in [-0.39, 0.29) is 5.92 Å². The highest BCUT2D eigenvalue weighted by molar-refractivity contribution is 6.31. The molecule has 0 radical (unpaired) electrons. The number of aliphatic hydroxyl groups excluding tert-OH is 1. The van der Waals surface area contributed by atoms with E-state index >= 15 is 0 Å². The van der Waals surface area contributed by atoms with E-state index in [1.807, 2.05) is 6.07 Å². The molecule has 1 aromatic carbocycles. The Morgan fingerprint density at radius 3 is 2.55 bits per heavy atom. The third kappa shape index (κ3) is 2.87. The Bertz CT molecular complexity index is 471. The van der Waals surface area contributed by atoms with Crippen LogP contribution in [0.1, 0.15) is 30.9 Å². The van der Waals surface area contributed by atoms with E-state index in [0.717, 1.165) is 25.9 Å². The van der Waals surface area contributed by atoms with Crippen molar-refractivity contribution in [3.05, 3.63) is 22.7 Å². The van der Waals surface area contributed by atoms with Crippen LogP contribution in [0.15, 0.2) is 12.1 Å². The van der Waals surface area contributed by atoms with Gasteiger partial charge in [0, 0.05) is 30.6 Å². The molecule has 2 atom stereocenters. The molecule has 0 saturated carbocycles. The summed E-state index contributed by atoms with van der Waals surface area (Å²) >= 11 is 6.29. The fraction of sp³-hybridized carbons (Fsp3) is 0.600. The van der Waals surface area contributed by atoms with Gasteiger partial charge in [0.1, 0.15) is 0 Å². The van der Waals surface area contributed by atoms with Crippen LogP contribution in [0.4, 0.5) is 0 Å². The predicted molar refractivity (Wildman–Crippen MR) is 75.6 cm³/mol. The molecule has 5 heteroatoms. The maximum absolute atomic E-state index is 10.5. The molecular formula is C15H19ClO4. The predicted octanol–water partition coefficient (Wildman–Crippen LogP) is 2.96. The first-order valence-corrected chi connectivity index (χ1v) is 7.48. The van der Waals surface area contributed by atoms with Gasteiger partial charge in [0.15, 0.2) is 11.5 Å². The number of ether oxygens (including phenoxy) is 3. The van der Waals surface area contributed by atoms with Gasteiger partial charge in [-0.15, -0.1) is 0 Å². The highest BCUT2D eigenvalue weighted by Crippen LogP contribution is 2.40. The van der Waals surface area contributed by atoms with E-state index in [4.69, 9.17) is 25.8 Å². The van der Waals surface area contributed by atoms with E-state index in [9.17, 15) is 5.11 Å². The molecule has 2 aliphatic rings. The molecule has 1 fully saturated rings. The Balaban J connectivity index is 1.86. The first kappa shape index (κ1) is 14.0. The Morgan fingerprint density at radius 2 is 1.85 bits per heavy atom. The third-order valence-corrected chi connectivity index (χ3v) is 4.15. The van der Waals surface area contributed by atoms with Gasteiger partial charge in [-0.2, -0.15) is 0 Å². The normalized spacial score (nSPS) is 24.0. The van der Waals surface area contributed by atoms with Crippen LogP contribution in [0.25, 0.3) is 0 Å². The van der Waals surface area contributed by atoms with Gasteiger partial charge in [-0.1, -0.05) is 11.6 Å². The van der Waals surface area contributed by atoms with Gasteiger partial charge >= 0.3 is 0 Å². The fourth-order valence-corrected chi connectivity index (χ4v) is 2.96. The molecule has 1 N–H and O–H groups in total. The van der Waals surface area contributed by atoms with Gasteiger partial charge in [-0.25, -0.2) is 0 Å². The number of hydrogen-bond acceptors (Lipinski definition) is 4. The largest absolute Gasteiger partial charge is 0.490 e. The van der Waals surface area contributed by atoms with Gasteiger partial charge in [0.05, 0.1) is 30.9 Å². The average molecular weight is 299 g/mol. The molecule has 0 amide bonds. The summed E-state index contributed by atoms with van der Waals surface area (Å²) in [6.45, 7) is 2.60. The molecule has 1 aromatic rings. The Hall–Kier alpha value is -0.970. The highest BCUT2D eigenvalue weighted by atomic mass is 35.5. The second-order valence-electron chi connectivity index (χ2n) is 5.29. The quantitative estimate of drug-likeness (QED) is 0.912. The van der Waals surface area contributed by atoms with Crippen molar-refractivity contribution in [2.24, 2.45) is 5.92 Å². The van der Waals surface area contributed by atoms with Crippen molar-refractivity contribution in [3.63, 3.8) is 0 Å². The molecule has 4 nitrogen and oxygen atoms in total. The monoisotopic (exact) mass is 298 g/mol. The van der Waals surface area contributed by atoms with Crippen LogP contribution in [-0.4, -0.2) is 31.5 Å². The maximum Gasteiger partial charge on any atom is 0.162 e. The molecule has 0 bridgehead atoms. The average Bonchev–Trinajstić information content (AvgIpc) is 2.71. The second-order valence-corrected chi connectivity index (χ2v) is 5.70. The Kier molecular flexibility index (Phi) is 4.34. The molecule has 2 aliphatic heterocycles. The lowest BCUT2D eigenvalue weighted by Gasteiger charge is -2.27. The summed E-state index contributed by atoms with van der Waals surface area (Å²) in [6.07, 6.45) is 2.15. The summed E-state index contributed by atoms with van der Waals surface area (Å²) in [4.78, 5) is 0. The topological polar surface area (TPSA) is 47.9 Å². The number of aliphatic hydroxyl groups is 1. The smallest absolute Gasteiger partial charge is 0.162 e. The highest BCUT2D eigenvalue weighted by Gasteiger charge is 2.27. The van der Waals surface area contributed by atoms with Crippen molar-refractivity contribution in [2.45, 2.75) is 25.4 Å². The van der Waals surface area contributed by atoms with Crippen molar-refractivity contribution in [2.75, 3.05) is 26.4 Å². The summed E-state index contributed by atoms with van der Waals surface area (Å²) < 4.78 is 16.7. The van der Waals surface area contributed by atoms with Crippen molar-refractivity contribution in [1.29, 1.82) is 0 Å². The van der Waals surface area contributed by atoms with Crippen LogP contribution in [0.3, 0.4) is 0 Å². The van der Waals surface area contributed by atoms with Gasteiger partial charge in [-0.05, 0) is 18.9 Å². The molecule has 0 aliphatic carbocycles. The zero-order valence-corrected chi connectivity index (χ0v) is 12.1. The van der Waals surface area contributed by atoms with E-state index < -0.39 is 6.10 Å². The molecular weight excluding hydrogens is 280 g/mol. The van der Waals surface area contributed by atoms with Crippen LogP contribution in [-0.2, 0) is 4.74 Å². The number of benzene rings is 1. The minimum atomic E-state index is -0.625. The van der Waals surface area contributed by atoms with Gasteiger partial charge in [-0.3, -0.25) is 0 Å². The van der Waals surface area contributed by atoms with Crippen LogP contribution in [0.5, 0.6) is 11.5 Å². The third-order valence-electron chi connectivity index (χ3n) is 3.83. The molecule has 1 saturated heterocycles. The number of halogens is 1. The summed E-state index contributed by atoms with van der Waals surface area (Å²) in [5.41, 5.74) is 0.700. The van der Waals surface area contributed by atoms with Crippen molar-refractivity contribution < 1.29 is 19.3 Å². The van der Waals surface area contributed by atoms with Crippen molar-refractivity contribution in [3.8, 4) is 11.5 Å². The first-order chi connectivity index (χ1) is 9.75. The molecule has 2 heterocycles. The summed E-state index contributed by atoms with van der Waals surface area (Å²) in [5.74, 6) is 1.41. The molecule has 0 spiro atoms. The lowest BCUT2D eigenvalue weighted by molar-refractivity contribution is -0.0100. The fourth-order valence-electron chi connectivity index (χ4n) is 2.69. The second kappa shape index (κ2) is 6.20.